The minimum atomic E-state index is -0.391. The van der Waals surface area contributed by atoms with Crippen LogP contribution in [0.2, 0.25) is 5.02 Å². The van der Waals surface area contributed by atoms with E-state index in [2.05, 4.69) is 9.97 Å². The van der Waals surface area contributed by atoms with Gasteiger partial charge < -0.3 is 14.8 Å². The maximum absolute atomic E-state index is 11.5. The fraction of sp³-hybridized carbons (Fsp3) is 0.444. The Kier molecular flexibility index (Phi) is 2.82. The highest BCUT2D eigenvalue weighted by atomic mass is 35.5. The maximum atomic E-state index is 11.5. The Labute approximate surface area is 96.8 Å². The SMILES string of the molecule is CN1CCN(c2nc[nH]c(=O)c2Cl)CC1=O. The molecule has 1 aromatic heterocycles. The molecule has 1 amide bonds. The van der Waals surface area contributed by atoms with Crippen molar-refractivity contribution >= 4 is 23.3 Å². The number of rotatable bonds is 1. The molecule has 0 spiro atoms. The lowest BCUT2D eigenvalue weighted by atomic mass is 10.3. The van der Waals surface area contributed by atoms with E-state index in [1.54, 1.807) is 16.8 Å². The van der Waals surface area contributed by atoms with Gasteiger partial charge in [-0.15, -0.1) is 0 Å². The Morgan fingerprint density at radius 1 is 1.44 bits per heavy atom. The van der Waals surface area contributed by atoms with E-state index < -0.39 is 5.56 Å². The predicted molar refractivity (Wildman–Crippen MR) is 59.7 cm³/mol. The quantitative estimate of drug-likeness (QED) is 0.734. The third-order valence-corrected chi connectivity index (χ3v) is 2.88. The van der Waals surface area contributed by atoms with E-state index >= 15 is 0 Å². The molecule has 1 fully saturated rings. The summed E-state index contributed by atoms with van der Waals surface area (Å²) < 4.78 is 0. The summed E-state index contributed by atoms with van der Waals surface area (Å²) in [4.78, 5) is 32.5. The maximum Gasteiger partial charge on any atom is 0.271 e. The standard InChI is InChI=1S/C9H11ClN4O2/c1-13-2-3-14(4-6(13)15)8-7(10)9(16)12-5-11-8/h5H,2-4H2,1H3,(H,11,12,16). The van der Waals surface area contributed by atoms with Crippen molar-refractivity contribution in [2.24, 2.45) is 0 Å². The van der Waals surface area contributed by atoms with Gasteiger partial charge in [-0.25, -0.2) is 4.98 Å². The number of H-pyrrole nitrogens is 1. The molecule has 0 saturated carbocycles. The third-order valence-electron chi connectivity index (χ3n) is 2.53. The normalized spacial score (nSPS) is 16.8. The van der Waals surface area contributed by atoms with Gasteiger partial charge in [0, 0.05) is 20.1 Å². The van der Waals surface area contributed by atoms with Crippen LogP contribution in [-0.4, -0.2) is 47.5 Å². The molecule has 2 rings (SSSR count). The van der Waals surface area contributed by atoms with Crippen LogP contribution in [0.5, 0.6) is 0 Å². The van der Waals surface area contributed by atoms with Gasteiger partial charge in [-0.1, -0.05) is 11.6 Å². The number of amides is 1. The highest BCUT2D eigenvalue weighted by molar-refractivity contribution is 6.32. The predicted octanol–water partition coefficient (Wildman–Crippen LogP) is -0.298. The van der Waals surface area contributed by atoms with Crippen LogP contribution in [0.4, 0.5) is 5.82 Å². The average Bonchev–Trinajstić information content (AvgIpc) is 2.26. The van der Waals surface area contributed by atoms with Crippen molar-refractivity contribution in [3.8, 4) is 0 Å². The summed E-state index contributed by atoms with van der Waals surface area (Å²) in [6.45, 7) is 1.43. The Bertz CT molecular complexity index is 473. The molecule has 7 heteroatoms. The van der Waals surface area contributed by atoms with Crippen molar-refractivity contribution in [1.82, 2.24) is 14.9 Å². The number of likely N-dealkylation sites (N-methyl/N-ethyl adjacent to an activating group) is 1. The van der Waals surface area contributed by atoms with Crippen LogP contribution in [0, 0.1) is 0 Å². The summed E-state index contributed by atoms with van der Waals surface area (Å²) in [7, 11) is 1.74. The van der Waals surface area contributed by atoms with Gasteiger partial charge in [0.1, 0.15) is 5.02 Å². The Balaban J connectivity index is 2.29. The molecule has 0 radical (unpaired) electrons. The van der Waals surface area contributed by atoms with Crippen LogP contribution in [0.1, 0.15) is 0 Å². The molecule has 1 aliphatic heterocycles. The molecule has 1 saturated heterocycles. The van der Waals surface area contributed by atoms with Crippen LogP contribution in [-0.2, 0) is 4.79 Å². The summed E-state index contributed by atoms with van der Waals surface area (Å²) >= 11 is 5.84. The lowest BCUT2D eigenvalue weighted by molar-refractivity contribution is -0.129. The number of carbonyl (C=O) groups excluding carboxylic acids is 1. The number of anilines is 1. The van der Waals surface area contributed by atoms with E-state index in [0.717, 1.165) is 0 Å². The highest BCUT2D eigenvalue weighted by Gasteiger charge is 2.24. The van der Waals surface area contributed by atoms with Crippen LogP contribution >= 0.6 is 11.6 Å². The minimum Gasteiger partial charge on any atom is -0.344 e. The molecule has 1 aromatic rings. The van der Waals surface area contributed by atoms with Crippen molar-refractivity contribution < 1.29 is 4.79 Å². The Morgan fingerprint density at radius 3 is 2.88 bits per heavy atom. The largest absolute Gasteiger partial charge is 0.344 e. The molecule has 1 N–H and O–H groups in total. The lowest BCUT2D eigenvalue weighted by Gasteiger charge is -2.32. The summed E-state index contributed by atoms with van der Waals surface area (Å²) in [6, 6.07) is 0. The summed E-state index contributed by atoms with van der Waals surface area (Å²) in [5.41, 5.74) is -0.391. The zero-order valence-corrected chi connectivity index (χ0v) is 9.49. The minimum absolute atomic E-state index is 0.00982. The summed E-state index contributed by atoms with van der Waals surface area (Å²) in [5.74, 6) is 0.358. The van der Waals surface area contributed by atoms with Gasteiger partial charge in [0.25, 0.3) is 5.56 Å². The highest BCUT2D eigenvalue weighted by Crippen LogP contribution is 2.19. The van der Waals surface area contributed by atoms with E-state index in [1.165, 1.54) is 6.33 Å². The van der Waals surface area contributed by atoms with Crippen molar-refractivity contribution in [2.75, 3.05) is 31.6 Å². The summed E-state index contributed by atoms with van der Waals surface area (Å²) in [6.07, 6.45) is 1.28. The lowest BCUT2D eigenvalue weighted by Crippen LogP contribution is -2.49. The second-order valence-corrected chi connectivity index (χ2v) is 3.98. The molecule has 86 valence electrons. The molecule has 6 nitrogen and oxygen atoms in total. The second-order valence-electron chi connectivity index (χ2n) is 3.61. The molecule has 2 heterocycles. The van der Waals surface area contributed by atoms with Gasteiger partial charge in [-0.2, -0.15) is 0 Å². The van der Waals surface area contributed by atoms with Gasteiger partial charge in [0.05, 0.1) is 12.9 Å². The molecule has 0 aromatic carbocycles. The van der Waals surface area contributed by atoms with Gasteiger partial charge in [0.2, 0.25) is 5.91 Å². The van der Waals surface area contributed by atoms with Crippen molar-refractivity contribution in [1.29, 1.82) is 0 Å². The van der Waals surface area contributed by atoms with Crippen LogP contribution in [0.25, 0.3) is 0 Å². The third kappa shape index (κ3) is 1.88. The van der Waals surface area contributed by atoms with E-state index in [4.69, 9.17) is 11.6 Å². The van der Waals surface area contributed by atoms with Gasteiger partial charge in [0.15, 0.2) is 5.82 Å². The Hall–Kier alpha value is -1.56. The van der Waals surface area contributed by atoms with Crippen LogP contribution in [0.15, 0.2) is 11.1 Å². The van der Waals surface area contributed by atoms with Crippen molar-refractivity contribution in [3.05, 3.63) is 21.7 Å². The zero-order chi connectivity index (χ0) is 11.7. The summed E-state index contributed by atoms with van der Waals surface area (Å²) in [5, 5.41) is 0.0276. The number of hydrogen-bond acceptors (Lipinski definition) is 4. The molecule has 0 bridgehead atoms. The zero-order valence-electron chi connectivity index (χ0n) is 8.73. The molecule has 1 aliphatic rings. The number of aromatic amines is 1. The van der Waals surface area contributed by atoms with E-state index in [9.17, 15) is 9.59 Å². The smallest absolute Gasteiger partial charge is 0.271 e. The molecular weight excluding hydrogens is 232 g/mol. The van der Waals surface area contributed by atoms with Crippen molar-refractivity contribution in [3.63, 3.8) is 0 Å². The monoisotopic (exact) mass is 242 g/mol. The molecular formula is C9H11ClN4O2. The first kappa shape index (κ1) is 10.9. The average molecular weight is 243 g/mol. The van der Waals surface area contributed by atoms with E-state index in [-0.39, 0.29) is 17.5 Å². The first-order valence-corrected chi connectivity index (χ1v) is 5.19. The second kappa shape index (κ2) is 4.13. The molecule has 0 aliphatic carbocycles. The van der Waals surface area contributed by atoms with E-state index in [1.807, 2.05) is 0 Å². The number of carbonyl (C=O) groups is 1. The molecule has 16 heavy (non-hydrogen) atoms. The molecule has 0 atom stereocenters. The van der Waals surface area contributed by atoms with Gasteiger partial charge >= 0.3 is 0 Å². The molecule has 0 unspecified atom stereocenters. The fourth-order valence-corrected chi connectivity index (χ4v) is 1.76. The number of nitrogens with one attached hydrogen (secondary N) is 1. The van der Waals surface area contributed by atoms with Crippen LogP contribution < -0.4 is 10.5 Å². The van der Waals surface area contributed by atoms with Gasteiger partial charge in [-0.3, -0.25) is 9.59 Å². The van der Waals surface area contributed by atoms with E-state index in [0.29, 0.717) is 18.9 Å². The van der Waals surface area contributed by atoms with Crippen LogP contribution in [0.3, 0.4) is 0 Å². The van der Waals surface area contributed by atoms with Gasteiger partial charge in [-0.05, 0) is 0 Å². The Morgan fingerprint density at radius 2 is 2.19 bits per heavy atom. The topological polar surface area (TPSA) is 69.3 Å². The number of aromatic nitrogens is 2. The first-order valence-electron chi connectivity index (χ1n) is 4.81. The van der Waals surface area contributed by atoms with Crippen molar-refractivity contribution in [2.45, 2.75) is 0 Å². The fourth-order valence-electron chi connectivity index (χ4n) is 1.53. The first-order chi connectivity index (χ1) is 7.59. The number of piperazine rings is 1. The number of nitrogens with zero attached hydrogens (tertiary/aromatic N) is 3. The number of hydrogen-bond donors (Lipinski definition) is 1. The number of halogens is 1.